The Morgan fingerprint density at radius 3 is 2.58 bits per heavy atom. The van der Waals surface area contributed by atoms with Crippen molar-refractivity contribution in [2.45, 2.75) is 19.4 Å². The second kappa shape index (κ2) is 8.10. The molecular weight excluding hydrogens is 335 g/mol. The van der Waals surface area contributed by atoms with Crippen molar-refractivity contribution in [3.8, 4) is 5.75 Å². The Morgan fingerprint density at radius 1 is 1.08 bits per heavy atom. The zero-order valence-electron chi connectivity index (χ0n) is 14.4. The van der Waals surface area contributed by atoms with Crippen molar-refractivity contribution in [1.82, 2.24) is 4.90 Å². The highest BCUT2D eigenvalue weighted by Crippen LogP contribution is 2.23. The number of hydrogen-bond donors (Lipinski definition) is 1. The van der Waals surface area contributed by atoms with Gasteiger partial charge in [-0.3, -0.25) is 14.5 Å². The smallest absolute Gasteiger partial charge is 0.286 e. The van der Waals surface area contributed by atoms with Crippen LogP contribution in [0.1, 0.15) is 16.7 Å². The van der Waals surface area contributed by atoms with Crippen LogP contribution in [0.5, 0.6) is 5.75 Å². The fourth-order valence-corrected chi connectivity index (χ4v) is 3.07. The van der Waals surface area contributed by atoms with Gasteiger partial charge in [0.15, 0.2) is 0 Å². The van der Waals surface area contributed by atoms with Crippen LogP contribution in [0.4, 0.5) is 4.39 Å². The standard InChI is InChI=1S/C20H21FN2O3/c21-17-3-1-2-14(10-17)13-26-18-5-4-15-6-8-23(9-7-16(15)11-18)12-19(24)20(22)25/h1-5,10-11H,6-9,12-13H2,(H2,22,25). The second-order valence-corrected chi connectivity index (χ2v) is 6.41. The van der Waals surface area contributed by atoms with Crippen LogP contribution in [0, 0.1) is 5.82 Å². The molecule has 0 bridgehead atoms. The number of hydrogen-bond acceptors (Lipinski definition) is 4. The van der Waals surface area contributed by atoms with E-state index in [9.17, 15) is 14.0 Å². The first-order valence-electron chi connectivity index (χ1n) is 8.55. The molecule has 0 fully saturated rings. The first kappa shape index (κ1) is 18.1. The maximum atomic E-state index is 13.2. The van der Waals surface area contributed by atoms with E-state index in [1.165, 1.54) is 17.7 Å². The predicted molar refractivity (Wildman–Crippen MR) is 95.2 cm³/mol. The van der Waals surface area contributed by atoms with Crippen molar-refractivity contribution in [3.05, 3.63) is 65.0 Å². The molecule has 0 saturated heterocycles. The molecule has 1 aliphatic rings. The largest absolute Gasteiger partial charge is 0.489 e. The highest BCUT2D eigenvalue weighted by molar-refractivity contribution is 6.36. The van der Waals surface area contributed by atoms with Gasteiger partial charge in [-0.05, 0) is 53.8 Å². The Bertz CT molecular complexity index is 822. The Kier molecular flexibility index (Phi) is 5.63. The molecular formula is C20H21FN2O3. The van der Waals surface area contributed by atoms with Gasteiger partial charge in [0, 0.05) is 13.1 Å². The average molecular weight is 356 g/mol. The third kappa shape index (κ3) is 4.67. The Balaban J connectivity index is 1.62. The van der Waals surface area contributed by atoms with Crippen LogP contribution in [-0.2, 0) is 29.0 Å². The molecule has 0 saturated carbocycles. The number of halogens is 1. The number of ether oxygens (including phenoxy) is 1. The molecule has 0 atom stereocenters. The molecule has 1 heterocycles. The number of nitrogens with two attached hydrogens (primary N) is 1. The summed E-state index contributed by atoms with van der Waals surface area (Å²) in [5, 5.41) is 0. The molecule has 26 heavy (non-hydrogen) atoms. The molecule has 0 spiro atoms. The van der Waals surface area contributed by atoms with Crippen LogP contribution in [-0.4, -0.2) is 36.2 Å². The number of primary amides is 1. The van der Waals surface area contributed by atoms with E-state index >= 15 is 0 Å². The topological polar surface area (TPSA) is 72.6 Å². The summed E-state index contributed by atoms with van der Waals surface area (Å²) >= 11 is 0. The van der Waals surface area contributed by atoms with Crippen LogP contribution in [0.15, 0.2) is 42.5 Å². The van der Waals surface area contributed by atoms with Gasteiger partial charge in [-0.25, -0.2) is 4.39 Å². The molecule has 0 radical (unpaired) electrons. The summed E-state index contributed by atoms with van der Waals surface area (Å²) in [4.78, 5) is 24.4. The average Bonchev–Trinajstić information content (AvgIpc) is 2.82. The minimum absolute atomic E-state index is 0.0618. The molecule has 3 rings (SSSR count). The van der Waals surface area contributed by atoms with Crippen molar-refractivity contribution >= 4 is 11.7 Å². The van der Waals surface area contributed by atoms with Gasteiger partial charge >= 0.3 is 0 Å². The number of Topliss-reactive ketones (excluding diaryl/α,β-unsaturated/α-hetero) is 1. The summed E-state index contributed by atoms with van der Waals surface area (Å²) < 4.78 is 19.0. The minimum atomic E-state index is -0.889. The quantitative estimate of drug-likeness (QED) is 0.802. The van der Waals surface area contributed by atoms with Crippen molar-refractivity contribution in [1.29, 1.82) is 0 Å². The van der Waals surface area contributed by atoms with Crippen molar-refractivity contribution < 1.29 is 18.7 Å². The lowest BCUT2D eigenvalue weighted by Gasteiger charge is -2.17. The van der Waals surface area contributed by atoms with Gasteiger partial charge in [0.2, 0.25) is 5.78 Å². The van der Waals surface area contributed by atoms with E-state index in [-0.39, 0.29) is 12.4 Å². The molecule has 5 nitrogen and oxygen atoms in total. The molecule has 2 aromatic rings. The normalized spacial score (nSPS) is 14.3. The zero-order chi connectivity index (χ0) is 18.5. The molecule has 1 amide bonds. The lowest BCUT2D eigenvalue weighted by atomic mass is 10.0. The van der Waals surface area contributed by atoms with E-state index in [1.807, 2.05) is 29.2 Å². The van der Waals surface area contributed by atoms with Gasteiger partial charge in [-0.15, -0.1) is 0 Å². The fraction of sp³-hybridized carbons (Fsp3) is 0.300. The first-order chi connectivity index (χ1) is 12.5. The number of carbonyl (C=O) groups is 2. The van der Waals surface area contributed by atoms with E-state index in [2.05, 4.69) is 0 Å². The monoisotopic (exact) mass is 356 g/mol. The van der Waals surface area contributed by atoms with Crippen LogP contribution in [0.2, 0.25) is 0 Å². The lowest BCUT2D eigenvalue weighted by Crippen LogP contribution is -2.37. The third-order valence-electron chi connectivity index (χ3n) is 4.51. The summed E-state index contributed by atoms with van der Waals surface area (Å²) in [6, 6.07) is 12.3. The molecule has 2 aromatic carbocycles. The number of benzene rings is 2. The molecule has 0 unspecified atom stereocenters. The minimum Gasteiger partial charge on any atom is -0.489 e. The lowest BCUT2D eigenvalue weighted by molar-refractivity contribution is -0.136. The highest BCUT2D eigenvalue weighted by Gasteiger charge is 2.19. The van der Waals surface area contributed by atoms with E-state index in [0.29, 0.717) is 19.7 Å². The molecule has 0 aromatic heterocycles. The van der Waals surface area contributed by atoms with Crippen LogP contribution in [0.25, 0.3) is 0 Å². The predicted octanol–water partition coefficient (Wildman–Crippen LogP) is 1.86. The Hall–Kier alpha value is -2.73. The summed E-state index contributed by atoms with van der Waals surface area (Å²) in [5.74, 6) is -0.997. The fourth-order valence-electron chi connectivity index (χ4n) is 3.07. The van der Waals surface area contributed by atoms with Gasteiger partial charge in [-0.1, -0.05) is 18.2 Å². The number of nitrogens with zero attached hydrogens (tertiary/aromatic N) is 1. The third-order valence-corrected chi connectivity index (χ3v) is 4.51. The summed E-state index contributed by atoms with van der Waals surface area (Å²) in [7, 11) is 0. The van der Waals surface area contributed by atoms with Crippen LogP contribution < -0.4 is 10.5 Å². The van der Waals surface area contributed by atoms with E-state index < -0.39 is 11.7 Å². The number of fused-ring (bicyclic) bond motifs is 1. The van der Waals surface area contributed by atoms with Crippen LogP contribution in [0.3, 0.4) is 0 Å². The number of carbonyl (C=O) groups excluding carboxylic acids is 2. The summed E-state index contributed by atoms with van der Waals surface area (Å²) in [6.07, 6.45) is 1.56. The highest BCUT2D eigenvalue weighted by atomic mass is 19.1. The molecule has 1 aliphatic heterocycles. The Labute approximate surface area is 151 Å². The van der Waals surface area contributed by atoms with Crippen LogP contribution >= 0.6 is 0 Å². The molecule has 2 N–H and O–H groups in total. The SMILES string of the molecule is NC(=O)C(=O)CN1CCc2ccc(OCc3cccc(F)c3)cc2CC1. The number of amides is 1. The zero-order valence-corrected chi connectivity index (χ0v) is 14.4. The van der Waals surface area contributed by atoms with Crippen molar-refractivity contribution in [3.63, 3.8) is 0 Å². The van der Waals surface area contributed by atoms with Gasteiger partial charge in [-0.2, -0.15) is 0 Å². The Morgan fingerprint density at radius 2 is 1.85 bits per heavy atom. The second-order valence-electron chi connectivity index (χ2n) is 6.41. The van der Waals surface area contributed by atoms with Gasteiger partial charge in [0.25, 0.3) is 5.91 Å². The van der Waals surface area contributed by atoms with E-state index in [1.54, 1.807) is 6.07 Å². The van der Waals surface area contributed by atoms with Crippen molar-refractivity contribution in [2.24, 2.45) is 5.73 Å². The summed E-state index contributed by atoms with van der Waals surface area (Å²) in [6.45, 7) is 1.75. The molecule has 0 aliphatic carbocycles. The summed E-state index contributed by atoms with van der Waals surface area (Å²) in [5.41, 5.74) is 8.17. The molecule has 136 valence electrons. The number of ketones is 1. The maximum absolute atomic E-state index is 13.2. The number of rotatable bonds is 6. The van der Waals surface area contributed by atoms with E-state index in [4.69, 9.17) is 10.5 Å². The van der Waals surface area contributed by atoms with E-state index in [0.717, 1.165) is 29.7 Å². The van der Waals surface area contributed by atoms with Gasteiger partial charge < -0.3 is 10.5 Å². The first-order valence-corrected chi connectivity index (χ1v) is 8.55. The van der Waals surface area contributed by atoms with Gasteiger partial charge in [0.05, 0.1) is 6.54 Å². The van der Waals surface area contributed by atoms with Gasteiger partial charge in [0.1, 0.15) is 18.2 Å². The molecule has 6 heteroatoms. The maximum Gasteiger partial charge on any atom is 0.286 e. The van der Waals surface area contributed by atoms with Crippen molar-refractivity contribution in [2.75, 3.05) is 19.6 Å².